The van der Waals surface area contributed by atoms with Gasteiger partial charge in [-0.05, 0) is 25.5 Å². The van der Waals surface area contributed by atoms with E-state index < -0.39 is 4.92 Å². The Morgan fingerprint density at radius 1 is 1.53 bits per heavy atom. The topological polar surface area (TPSA) is 52.4 Å². The molecule has 0 fully saturated rings. The van der Waals surface area contributed by atoms with Gasteiger partial charge in [0.15, 0.2) is 5.75 Å². The molecule has 1 aromatic carbocycles. The van der Waals surface area contributed by atoms with Crippen LogP contribution in [0.5, 0.6) is 5.75 Å². The van der Waals surface area contributed by atoms with Crippen molar-refractivity contribution in [2.75, 3.05) is 0 Å². The molecule has 0 aliphatic carbocycles. The van der Waals surface area contributed by atoms with Crippen LogP contribution in [0.15, 0.2) is 18.2 Å². The van der Waals surface area contributed by atoms with Crippen molar-refractivity contribution < 1.29 is 9.66 Å². The first kappa shape index (κ1) is 12.0. The van der Waals surface area contributed by atoms with Gasteiger partial charge in [0.25, 0.3) is 0 Å². The quantitative estimate of drug-likeness (QED) is 0.481. The molecule has 0 heterocycles. The van der Waals surface area contributed by atoms with Crippen molar-refractivity contribution in [3.8, 4) is 5.75 Å². The van der Waals surface area contributed by atoms with Crippen LogP contribution in [-0.4, -0.2) is 11.0 Å². The van der Waals surface area contributed by atoms with E-state index in [1.165, 1.54) is 6.07 Å². The molecule has 5 heteroatoms. The van der Waals surface area contributed by atoms with E-state index in [2.05, 4.69) is 15.9 Å². The van der Waals surface area contributed by atoms with Crippen molar-refractivity contribution in [1.29, 1.82) is 0 Å². The molecular formula is C10H12BrNO3. The molecule has 15 heavy (non-hydrogen) atoms. The summed E-state index contributed by atoms with van der Waals surface area (Å²) in [7, 11) is 0. The molecule has 0 spiro atoms. The predicted octanol–water partition coefficient (Wildman–Crippen LogP) is 3.28. The number of hydrogen-bond donors (Lipinski definition) is 0. The van der Waals surface area contributed by atoms with Gasteiger partial charge in [-0.25, -0.2) is 0 Å². The number of nitro groups is 1. The average Bonchev–Trinajstić information content (AvgIpc) is 2.17. The maximum atomic E-state index is 10.8. The standard InChI is InChI=1S/C10H12BrNO3/c1-7(2)15-10-4-3-8(6-11)5-9(10)12(13)14/h3-5,7H,6H2,1-2H3. The predicted molar refractivity (Wildman–Crippen MR) is 61.5 cm³/mol. The third kappa shape index (κ3) is 3.20. The molecule has 1 aromatic rings. The maximum Gasteiger partial charge on any atom is 0.311 e. The van der Waals surface area contributed by atoms with Crippen LogP contribution in [0.25, 0.3) is 0 Å². The first-order valence-electron chi connectivity index (χ1n) is 4.54. The Morgan fingerprint density at radius 2 is 2.20 bits per heavy atom. The summed E-state index contributed by atoms with van der Waals surface area (Å²) in [4.78, 5) is 10.4. The summed E-state index contributed by atoms with van der Waals surface area (Å²) in [5.41, 5.74) is 0.874. The van der Waals surface area contributed by atoms with E-state index in [1.807, 2.05) is 13.8 Å². The summed E-state index contributed by atoms with van der Waals surface area (Å²) < 4.78 is 5.35. The summed E-state index contributed by atoms with van der Waals surface area (Å²) in [6, 6.07) is 4.96. The molecule has 0 aliphatic rings. The fourth-order valence-electron chi connectivity index (χ4n) is 1.14. The van der Waals surface area contributed by atoms with E-state index in [1.54, 1.807) is 12.1 Å². The number of ether oxygens (including phenoxy) is 1. The summed E-state index contributed by atoms with van der Waals surface area (Å²) >= 11 is 3.25. The minimum atomic E-state index is -0.427. The Labute approximate surface area is 96.5 Å². The van der Waals surface area contributed by atoms with Crippen LogP contribution in [0.4, 0.5) is 5.69 Å². The second kappa shape index (κ2) is 5.11. The number of nitrogens with zero attached hydrogens (tertiary/aromatic N) is 1. The van der Waals surface area contributed by atoms with Gasteiger partial charge >= 0.3 is 5.69 Å². The highest BCUT2D eigenvalue weighted by Crippen LogP contribution is 2.29. The average molecular weight is 274 g/mol. The first-order valence-corrected chi connectivity index (χ1v) is 5.66. The van der Waals surface area contributed by atoms with Crippen molar-refractivity contribution in [1.82, 2.24) is 0 Å². The monoisotopic (exact) mass is 273 g/mol. The van der Waals surface area contributed by atoms with Crippen LogP contribution in [0.1, 0.15) is 19.4 Å². The Hall–Kier alpha value is -1.10. The minimum absolute atomic E-state index is 0.0145. The van der Waals surface area contributed by atoms with E-state index in [9.17, 15) is 10.1 Å². The number of rotatable bonds is 4. The van der Waals surface area contributed by atoms with Gasteiger partial charge < -0.3 is 4.74 Å². The van der Waals surface area contributed by atoms with E-state index in [0.717, 1.165) is 5.56 Å². The van der Waals surface area contributed by atoms with Gasteiger partial charge in [-0.15, -0.1) is 0 Å². The Morgan fingerprint density at radius 3 is 2.67 bits per heavy atom. The highest BCUT2D eigenvalue weighted by Gasteiger charge is 2.16. The van der Waals surface area contributed by atoms with E-state index >= 15 is 0 Å². The van der Waals surface area contributed by atoms with Crippen molar-refractivity contribution in [2.45, 2.75) is 25.3 Å². The van der Waals surface area contributed by atoms with E-state index in [4.69, 9.17) is 4.74 Å². The fourth-order valence-corrected chi connectivity index (χ4v) is 1.49. The minimum Gasteiger partial charge on any atom is -0.484 e. The lowest BCUT2D eigenvalue weighted by molar-refractivity contribution is -0.386. The summed E-state index contributed by atoms with van der Waals surface area (Å²) in [5, 5.41) is 11.4. The summed E-state index contributed by atoms with van der Waals surface area (Å²) in [6.07, 6.45) is -0.0708. The molecule has 0 bridgehead atoms. The Kier molecular flexibility index (Phi) is 4.08. The van der Waals surface area contributed by atoms with E-state index in [-0.39, 0.29) is 11.8 Å². The van der Waals surface area contributed by atoms with Gasteiger partial charge in [-0.1, -0.05) is 22.0 Å². The van der Waals surface area contributed by atoms with Crippen LogP contribution in [0.2, 0.25) is 0 Å². The van der Waals surface area contributed by atoms with Gasteiger partial charge in [-0.3, -0.25) is 10.1 Å². The third-order valence-corrected chi connectivity index (χ3v) is 2.38. The lowest BCUT2D eigenvalue weighted by atomic mass is 10.2. The summed E-state index contributed by atoms with van der Waals surface area (Å²) in [5.74, 6) is 0.319. The van der Waals surface area contributed by atoms with Gasteiger partial charge in [-0.2, -0.15) is 0 Å². The highest BCUT2D eigenvalue weighted by atomic mass is 79.9. The smallest absolute Gasteiger partial charge is 0.311 e. The largest absolute Gasteiger partial charge is 0.484 e. The Balaban J connectivity index is 3.09. The Bertz CT molecular complexity index is 366. The molecule has 1 rings (SSSR count). The van der Waals surface area contributed by atoms with E-state index in [0.29, 0.717) is 11.1 Å². The number of halogens is 1. The molecule has 0 unspecified atom stereocenters. The number of benzene rings is 1. The number of nitro benzene ring substituents is 1. The first-order chi connectivity index (χ1) is 7.04. The molecule has 0 aliphatic heterocycles. The van der Waals surface area contributed by atoms with Gasteiger partial charge in [0, 0.05) is 11.4 Å². The van der Waals surface area contributed by atoms with Crippen LogP contribution in [0.3, 0.4) is 0 Å². The molecule has 4 nitrogen and oxygen atoms in total. The number of alkyl halides is 1. The van der Waals surface area contributed by atoms with Crippen molar-refractivity contribution in [3.63, 3.8) is 0 Å². The van der Waals surface area contributed by atoms with Crippen LogP contribution >= 0.6 is 15.9 Å². The van der Waals surface area contributed by atoms with Crippen molar-refractivity contribution >= 4 is 21.6 Å². The lowest BCUT2D eigenvalue weighted by Gasteiger charge is -2.10. The molecule has 0 saturated carbocycles. The second-order valence-electron chi connectivity index (χ2n) is 3.36. The zero-order chi connectivity index (χ0) is 11.4. The number of hydrogen-bond acceptors (Lipinski definition) is 3. The van der Waals surface area contributed by atoms with Crippen molar-refractivity contribution in [3.05, 3.63) is 33.9 Å². The van der Waals surface area contributed by atoms with Crippen LogP contribution in [-0.2, 0) is 5.33 Å². The zero-order valence-corrected chi connectivity index (χ0v) is 10.2. The van der Waals surface area contributed by atoms with Gasteiger partial charge in [0.2, 0.25) is 0 Å². The molecule has 0 radical (unpaired) electrons. The lowest BCUT2D eigenvalue weighted by Crippen LogP contribution is -2.07. The molecule has 0 N–H and O–H groups in total. The van der Waals surface area contributed by atoms with Gasteiger partial charge in [0.1, 0.15) is 0 Å². The third-order valence-electron chi connectivity index (χ3n) is 1.74. The molecule has 0 saturated heterocycles. The second-order valence-corrected chi connectivity index (χ2v) is 3.92. The molecular weight excluding hydrogens is 262 g/mol. The molecule has 82 valence electrons. The van der Waals surface area contributed by atoms with Crippen LogP contribution in [0, 0.1) is 10.1 Å². The highest BCUT2D eigenvalue weighted by molar-refractivity contribution is 9.08. The molecule has 0 atom stereocenters. The van der Waals surface area contributed by atoms with Gasteiger partial charge in [0.05, 0.1) is 11.0 Å². The maximum absolute atomic E-state index is 10.8. The van der Waals surface area contributed by atoms with Crippen LogP contribution < -0.4 is 4.74 Å². The summed E-state index contributed by atoms with van der Waals surface area (Å²) in [6.45, 7) is 3.67. The molecule has 0 aromatic heterocycles. The normalized spacial score (nSPS) is 10.4. The zero-order valence-electron chi connectivity index (χ0n) is 8.57. The molecule has 0 amide bonds. The SMILES string of the molecule is CC(C)Oc1ccc(CBr)cc1[N+](=O)[O-]. The van der Waals surface area contributed by atoms with Crippen molar-refractivity contribution in [2.24, 2.45) is 0 Å². The fraction of sp³-hybridized carbons (Fsp3) is 0.400.